The molecular weight excluding hydrogens is 412 g/mol. The molecule has 0 bridgehead atoms. The Morgan fingerprint density at radius 3 is 2.19 bits per heavy atom. The highest BCUT2D eigenvalue weighted by Gasteiger charge is 2.36. The minimum Gasteiger partial charge on any atom is -0.449 e. The summed E-state index contributed by atoms with van der Waals surface area (Å²) in [6.07, 6.45) is 0.541. The van der Waals surface area contributed by atoms with Crippen LogP contribution in [-0.2, 0) is 23.7 Å². The molecule has 180 valence electrons. The van der Waals surface area contributed by atoms with E-state index in [1.54, 1.807) is 0 Å². The van der Waals surface area contributed by atoms with E-state index in [2.05, 4.69) is 31.1 Å². The molecule has 0 aliphatic heterocycles. The van der Waals surface area contributed by atoms with E-state index >= 15 is 0 Å². The van der Waals surface area contributed by atoms with Crippen molar-refractivity contribution in [1.82, 2.24) is 5.32 Å². The van der Waals surface area contributed by atoms with Crippen LogP contribution in [0.1, 0.15) is 47.0 Å². The molecule has 12 nitrogen and oxygen atoms in total. The molecule has 1 atom stereocenters. The minimum absolute atomic E-state index is 0.0496. The van der Waals surface area contributed by atoms with Gasteiger partial charge >= 0.3 is 24.2 Å². The fourth-order valence-corrected chi connectivity index (χ4v) is 2.03. The van der Waals surface area contributed by atoms with Gasteiger partial charge in [-0.3, -0.25) is 16.3 Å². The van der Waals surface area contributed by atoms with E-state index in [9.17, 15) is 19.5 Å². The maximum absolute atomic E-state index is 12.0. The molecule has 0 saturated carbocycles. The Morgan fingerprint density at radius 2 is 1.61 bits per heavy atom. The Morgan fingerprint density at radius 1 is 0.968 bits per heavy atom. The van der Waals surface area contributed by atoms with Crippen molar-refractivity contribution in [3.05, 3.63) is 0 Å². The summed E-state index contributed by atoms with van der Waals surface area (Å²) < 4.78 is 19.5. The Labute approximate surface area is 182 Å². The van der Waals surface area contributed by atoms with E-state index in [1.165, 1.54) is 6.92 Å². The van der Waals surface area contributed by atoms with Crippen molar-refractivity contribution in [2.45, 2.75) is 47.0 Å². The summed E-state index contributed by atoms with van der Waals surface area (Å²) in [4.78, 5) is 37.5. The number of amides is 1. The number of hydrogen-bond donors (Lipinski definition) is 5. The fraction of sp³-hybridized carbons (Fsp3) is 0.789. The van der Waals surface area contributed by atoms with Gasteiger partial charge in [0, 0.05) is 13.0 Å². The van der Waals surface area contributed by atoms with Gasteiger partial charge in [-0.05, 0) is 25.2 Å². The predicted molar refractivity (Wildman–Crippen MR) is 110 cm³/mol. The lowest BCUT2D eigenvalue weighted by molar-refractivity contribution is -0.502. The summed E-state index contributed by atoms with van der Waals surface area (Å²) in [5, 5.41) is 12.1. The Kier molecular flexibility index (Phi) is 13.0. The summed E-state index contributed by atoms with van der Waals surface area (Å²) in [6, 6.07) is 0. The number of nitrogens with two attached hydrogens (primary N) is 2. The number of aliphatic hydroxyl groups excluding tert-OH is 1. The zero-order chi connectivity index (χ0) is 23.9. The molecule has 0 aromatic rings. The van der Waals surface area contributed by atoms with Gasteiger partial charge in [-0.2, -0.15) is 0 Å². The smallest absolute Gasteiger partial charge is 0.449 e. The molecule has 0 spiro atoms. The second kappa shape index (κ2) is 14.3. The summed E-state index contributed by atoms with van der Waals surface area (Å²) >= 11 is 0. The van der Waals surface area contributed by atoms with E-state index in [1.807, 2.05) is 0 Å². The van der Waals surface area contributed by atoms with Gasteiger partial charge in [-0.1, -0.05) is 20.8 Å². The van der Waals surface area contributed by atoms with Gasteiger partial charge in [0.05, 0.1) is 19.8 Å². The number of nitrogens with one attached hydrogen (secondary N) is 2. The molecule has 1 amide bonds. The lowest BCUT2D eigenvalue weighted by Crippen LogP contribution is -2.79. The minimum atomic E-state index is -1.49. The Balaban J connectivity index is 3.98. The molecule has 0 aliphatic rings. The van der Waals surface area contributed by atoms with Crippen molar-refractivity contribution < 1.29 is 43.4 Å². The molecular formula is C19H37N4O8+. The third-order valence-corrected chi connectivity index (χ3v) is 3.94. The largest absolute Gasteiger partial charge is 0.508 e. The van der Waals surface area contributed by atoms with Gasteiger partial charge < -0.3 is 29.4 Å². The molecule has 31 heavy (non-hydrogen) atoms. The molecule has 1 unspecified atom stereocenters. The van der Waals surface area contributed by atoms with Gasteiger partial charge in [0.1, 0.15) is 12.0 Å². The number of ether oxygens (including phenoxy) is 4. The highest BCUT2D eigenvalue weighted by Crippen LogP contribution is 2.20. The first-order valence-electron chi connectivity index (χ1n) is 9.99. The summed E-state index contributed by atoms with van der Waals surface area (Å²) in [5.41, 5.74) is 9.06. The van der Waals surface area contributed by atoms with Crippen LogP contribution < -0.4 is 21.8 Å². The zero-order valence-electron chi connectivity index (χ0n) is 18.8. The molecule has 0 heterocycles. The second-order valence-corrected chi connectivity index (χ2v) is 8.39. The predicted octanol–water partition coefficient (Wildman–Crippen LogP) is -1.06. The van der Waals surface area contributed by atoms with Crippen LogP contribution in [0.2, 0.25) is 0 Å². The number of rotatable bonds is 13. The molecule has 12 heteroatoms. The van der Waals surface area contributed by atoms with E-state index in [4.69, 9.17) is 30.4 Å². The molecule has 0 fully saturated rings. The third kappa shape index (κ3) is 14.8. The van der Waals surface area contributed by atoms with Crippen molar-refractivity contribution in [2.75, 3.05) is 39.7 Å². The highest BCUT2D eigenvalue weighted by molar-refractivity contribution is 5.77. The molecule has 0 saturated heterocycles. The summed E-state index contributed by atoms with van der Waals surface area (Å²) in [7, 11) is 0. The molecule has 0 aromatic carbocycles. The van der Waals surface area contributed by atoms with Crippen molar-refractivity contribution in [3.63, 3.8) is 0 Å². The van der Waals surface area contributed by atoms with Gasteiger partial charge in [0.15, 0.2) is 0 Å². The Bertz CT molecular complexity index is 602. The molecule has 0 aliphatic carbocycles. The Hall–Kier alpha value is -2.76. The second-order valence-electron chi connectivity index (χ2n) is 8.39. The van der Waals surface area contributed by atoms with Crippen LogP contribution in [0.25, 0.3) is 0 Å². The fourth-order valence-electron chi connectivity index (χ4n) is 2.03. The third-order valence-electron chi connectivity index (χ3n) is 3.94. The number of alkyl carbamates (subject to hydrolysis) is 1. The number of hydrogen-bond acceptors (Lipinski definition) is 8. The van der Waals surface area contributed by atoms with Crippen LogP contribution in [-0.4, -0.2) is 69.0 Å². The van der Waals surface area contributed by atoms with Crippen LogP contribution >= 0.6 is 0 Å². The summed E-state index contributed by atoms with van der Waals surface area (Å²) in [5.74, 6) is -0.959. The zero-order valence-corrected chi connectivity index (χ0v) is 18.8. The molecule has 7 N–H and O–H groups in total. The highest BCUT2D eigenvalue weighted by atomic mass is 16.7. The van der Waals surface area contributed by atoms with Crippen LogP contribution in [0.3, 0.4) is 0 Å². The van der Waals surface area contributed by atoms with Crippen molar-refractivity contribution in [1.29, 1.82) is 0 Å². The van der Waals surface area contributed by atoms with E-state index in [-0.39, 0.29) is 37.7 Å². The van der Waals surface area contributed by atoms with Crippen LogP contribution in [0.5, 0.6) is 0 Å². The van der Waals surface area contributed by atoms with Crippen molar-refractivity contribution >= 4 is 24.2 Å². The van der Waals surface area contributed by atoms with Gasteiger partial charge in [0.25, 0.3) is 0 Å². The van der Waals surface area contributed by atoms with Gasteiger partial charge in [-0.25, -0.2) is 14.6 Å². The average molecular weight is 450 g/mol. The normalized spacial score (nSPS) is 12.8. The number of guanidine groups is 1. The standard InChI is InChI=1S/C19H36N4O8/c1-18(2,3)7-5-8-22-16(26)28-9-6-10-29-17(27)30-12-19(4,11-24)14(25)31-13-23-15(20)21/h24H,5-13H2,1-4H3,(H,22,26)(H4,20,21,23)/p+1. The topological polar surface area (TPSA) is 186 Å². The maximum Gasteiger partial charge on any atom is 0.508 e. The van der Waals surface area contributed by atoms with Crippen molar-refractivity contribution in [2.24, 2.45) is 22.3 Å². The quantitative estimate of drug-likeness (QED) is 0.0579. The summed E-state index contributed by atoms with van der Waals surface area (Å²) in [6.45, 7) is 6.89. The first-order valence-corrected chi connectivity index (χ1v) is 9.99. The van der Waals surface area contributed by atoms with E-state index in [0.29, 0.717) is 6.54 Å². The number of carbonyl (C=O) groups excluding carboxylic acids is 3. The average Bonchev–Trinajstić information content (AvgIpc) is 2.68. The first-order chi connectivity index (χ1) is 14.4. The van der Waals surface area contributed by atoms with Crippen LogP contribution in [0.15, 0.2) is 0 Å². The van der Waals surface area contributed by atoms with E-state index in [0.717, 1.165) is 12.8 Å². The number of aliphatic hydroxyl groups is 1. The van der Waals surface area contributed by atoms with Gasteiger partial charge in [-0.15, -0.1) is 0 Å². The number of carbonyl (C=O) groups is 3. The van der Waals surface area contributed by atoms with Gasteiger partial charge in [0.2, 0.25) is 6.73 Å². The maximum atomic E-state index is 12.0. The van der Waals surface area contributed by atoms with Crippen LogP contribution in [0.4, 0.5) is 9.59 Å². The lowest BCUT2D eigenvalue weighted by atomic mass is 9.91. The van der Waals surface area contributed by atoms with Crippen LogP contribution in [0, 0.1) is 10.8 Å². The molecule has 0 aromatic heterocycles. The van der Waals surface area contributed by atoms with E-state index < -0.39 is 36.8 Å². The molecule has 0 rings (SSSR count). The first kappa shape index (κ1) is 28.2. The SMILES string of the molecule is CC(C)(C)CCCNC(=O)OCCCOC(=O)OCC(C)(CO)C(=O)OC[NH+]=C(N)N. The van der Waals surface area contributed by atoms with Crippen molar-refractivity contribution in [3.8, 4) is 0 Å². The lowest BCUT2D eigenvalue weighted by Gasteiger charge is -2.23. The monoisotopic (exact) mass is 449 g/mol. The number of esters is 1. The molecule has 0 radical (unpaired) electrons.